The quantitative estimate of drug-likeness (QED) is 0.488. The SMILES string of the molecule is Cc1ccc2c(c1)nnn2CC(=O)[C@H]1CC[C@@]2(N)[C@@H]3CCC4C[C@](C)([N+](=O)[O-])CC[C@@H]4C3CC[C@]12C. The fourth-order valence-electron chi connectivity index (χ4n) is 9.31. The highest BCUT2D eigenvalue weighted by Crippen LogP contribution is 2.65. The lowest BCUT2D eigenvalue weighted by molar-refractivity contribution is -0.573. The number of hydrogen-bond donors (Lipinski definition) is 1. The summed E-state index contributed by atoms with van der Waals surface area (Å²) in [6.07, 6.45) is 8.18. The topological polar surface area (TPSA) is 117 Å². The lowest BCUT2D eigenvalue weighted by Gasteiger charge is -2.60. The van der Waals surface area contributed by atoms with Crippen LogP contribution in [0.25, 0.3) is 11.0 Å². The molecule has 2 unspecified atom stereocenters. The zero-order valence-electron chi connectivity index (χ0n) is 21.8. The molecule has 0 saturated heterocycles. The van der Waals surface area contributed by atoms with Crippen molar-refractivity contribution in [2.45, 2.75) is 96.2 Å². The van der Waals surface area contributed by atoms with Gasteiger partial charge in [-0.3, -0.25) is 14.9 Å². The highest BCUT2D eigenvalue weighted by molar-refractivity contribution is 5.84. The van der Waals surface area contributed by atoms with E-state index in [9.17, 15) is 14.9 Å². The maximum Gasteiger partial charge on any atom is 0.219 e. The number of ketones is 1. The number of carbonyl (C=O) groups is 1. The minimum atomic E-state index is -0.771. The molecule has 0 aliphatic heterocycles. The second-order valence-electron chi connectivity index (χ2n) is 13.1. The first kappa shape index (κ1) is 24.0. The number of aromatic nitrogens is 3. The summed E-state index contributed by atoms with van der Waals surface area (Å²) < 4.78 is 1.75. The molecule has 0 bridgehead atoms. The van der Waals surface area contributed by atoms with E-state index >= 15 is 0 Å². The summed E-state index contributed by atoms with van der Waals surface area (Å²) in [7, 11) is 0. The van der Waals surface area contributed by atoms with Crippen molar-refractivity contribution in [3.05, 3.63) is 33.9 Å². The molecule has 4 aliphatic carbocycles. The maximum atomic E-state index is 13.7. The van der Waals surface area contributed by atoms with Gasteiger partial charge in [-0.15, -0.1) is 5.10 Å². The average Bonchev–Trinajstić information content (AvgIpc) is 3.35. The molecule has 8 nitrogen and oxygen atoms in total. The number of nitrogens with zero attached hydrogens (tertiary/aromatic N) is 4. The molecule has 1 aromatic carbocycles. The molecule has 4 fully saturated rings. The summed E-state index contributed by atoms with van der Waals surface area (Å²) in [6.45, 7) is 6.39. The largest absolute Gasteiger partial charge is 0.324 e. The number of rotatable bonds is 4. The van der Waals surface area contributed by atoms with Crippen LogP contribution in [0, 0.1) is 52.0 Å². The number of nitrogens with two attached hydrogens (primary N) is 1. The average molecular weight is 494 g/mol. The Bertz CT molecular complexity index is 1230. The summed E-state index contributed by atoms with van der Waals surface area (Å²) in [5.41, 5.74) is 8.92. The van der Waals surface area contributed by atoms with Crippen LogP contribution in [-0.2, 0) is 11.3 Å². The van der Waals surface area contributed by atoms with Gasteiger partial charge in [0.2, 0.25) is 5.54 Å². The van der Waals surface area contributed by atoms with Crippen molar-refractivity contribution in [3.63, 3.8) is 0 Å². The third kappa shape index (κ3) is 3.32. The molecule has 2 aromatic rings. The van der Waals surface area contributed by atoms with E-state index in [1.54, 1.807) is 4.68 Å². The Balaban J connectivity index is 1.22. The molecular weight excluding hydrogens is 454 g/mol. The molecule has 0 amide bonds. The third-order valence-corrected chi connectivity index (χ3v) is 11.4. The number of Topliss-reactive ketones (excluding diaryl/α,β-unsaturated/α-hetero) is 1. The van der Waals surface area contributed by atoms with Gasteiger partial charge in [-0.05, 0) is 98.7 Å². The number of nitro groups is 1. The first-order valence-corrected chi connectivity index (χ1v) is 13.8. The Hall–Kier alpha value is -2.35. The van der Waals surface area contributed by atoms with E-state index in [1.807, 2.05) is 32.0 Å². The smallest absolute Gasteiger partial charge is 0.219 e. The first-order valence-electron chi connectivity index (χ1n) is 13.8. The van der Waals surface area contributed by atoms with E-state index in [0.717, 1.165) is 61.5 Å². The molecular formula is C28H39N5O3. The van der Waals surface area contributed by atoms with Crippen LogP contribution >= 0.6 is 0 Å². The third-order valence-electron chi connectivity index (χ3n) is 11.4. The van der Waals surface area contributed by atoms with Crippen LogP contribution in [-0.4, -0.2) is 36.8 Å². The van der Waals surface area contributed by atoms with Gasteiger partial charge in [0.15, 0.2) is 5.78 Å². The van der Waals surface area contributed by atoms with Gasteiger partial charge in [0.25, 0.3) is 0 Å². The summed E-state index contributed by atoms with van der Waals surface area (Å²) >= 11 is 0. The van der Waals surface area contributed by atoms with Crippen molar-refractivity contribution in [2.75, 3.05) is 0 Å². The van der Waals surface area contributed by atoms with E-state index in [0.29, 0.717) is 36.5 Å². The Labute approximate surface area is 212 Å². The predicted octanol–water partition coefficient (Wildman–Crippen LogP) is 4.69. The van der Waals surface area contributed by atoms with Gasteiger partial charge in [0.05, 0.1) is 5.52 Å². The summed E-state index contributed by atoms with van der Waals surface area (Å²) in [5, 5.41) is 20.3. The monoisotopic (exact) mass is 493 g/mol. The van der Waals surface area contributed by atoms with Gasteiger partial charge in [-0.2, -0.15) is 0 Å². The van der Waals surface area contributed by atoms with Crippen molar-refractivity contribution < 1.29 is 9.72 Å². The van der Waals surface area contributed by atoms with Crippen molar-refractivity contribution >= 4 is 16.8 Å². The summed E-state index contributed by atoms with van der Waals surface area (Å²) in [6, 6.07) is 6.03. The molecule has 6 rings (SSSR count). The number of aryl methyl sites for hydroxylation is 1. The zero-order valence-corrected chi connectivity index (χ0v) is 21.8. The van der Waals surface area contributed by atoms with Crippen LogP contribution in [0.15, 0.2) is 18.2 Å². The molecule has 36 heavy (non-hydrogen) atoms. The molecule has 1 aromatic heterocycles. The second-order valence-corrected chi connectivity index (χ2v) is 13.1. The van der Waals surface area contributed by atoms with Crippen molar-refractivity contribution in [2.24, 2.45) is 40.7 Å². The van der Waals surface area contributed by atoms with E-state index < -0.39 is 5.54 Å². The Kier molecular flexibility index (Phi) is 5.38. The van der Waals surface area contributed by atoms with Gasteiger partial charge in [0, 0.05) is 36.1 Å². The lowest BCUT2D eigenvalue weighted by atomic mass is 9.46. The van der Waals surface area contributed by atoms with Crippen LogP contribution in [0.4, 0.5) is 0 Å². The van der Waals surface area contributed by atoms with Crippen molar-refractivity contribution in [1.82, 2.24) is 15.0 Å². The standard InChI is InChI=1S/C28H39N5O3/c1-17-4-7-24-23(14-17)30-31-32(24)16-25(34)22-10-13-28(29)21-6-5-18-15-26(2,33(35)36)11-8-19(18)20(21)9-12-27(22,28)3/h4,7,14,18-22H,5-6,8-13,15-16,29H2,1-3H3/t18?,19-,20?,21+,22+,26+,27+,28+/m0/s1. The molecule has 194 valence electrons. The van der Waals surface area contributed by atoms with Crippen LogP contribution < -0.4 is 5.73 Å². The van der Waals surface area contributed by atoms with Crippen molar-refractivity contribution in [3.8, 4) is 0 Å². The Morgan fingerprint density at radius 1 is 1.14 bits per heavy atom. The first-order chi connectivity index (χ1) is 17.1. The van der Waals surface area contributed by atoms with Gasteiger partial charge in [-0.1, -0.05) is 18.2 Å². The normalized spacial score (nSPS) is 41.9. The molecule has 8 heteroatoms. The van der Waals surface area contributed by atoms with Crippen molar-refractivity contribution in [1.29, 1.82) is 0 Å². The van der Waals surface area contributed by atoms with Crippen LogP contribution in [0.2, 0.25) is 0 Å². The fourth-order valence-corrected chi connectivity index (χ4v) is 9.31. The molecule has 1 heterocycles. The Morgan fingerprint density at radius 3 is 2.69 bits per heavy atom. The number of carbonyl (C=O) groups excluding carboxylic acids is 1. The van der Waals surface area contributed by atoms with Crippen LogP contribution in [0.1, 0.15) is 77.2 Å². The minimum Gasteiger partial charge on any atom is -0.324 e. The molecule has 4 saturated carbocycles. The predicted molar refractivity (Wildman–Crippen MR) is 137 cm³/mol. The summed E-state index contributed by atoms with van der Waals surface area (Å²) in [4.78, 5) is 25.4. The lowest BCUT2D eigenvalue weighted by Crippen LogP contribution is -2.65. The highest BCUT2D eigenvalue weighted by Gasteiger charge is 2.65. The molecule has 4 aliphatic rings. The highest BCUT2D eigenvalue weighted by atomic mass is 16.6. The van der Waals surface area contributed by atoms with E-state index in [-0.39, 0.29) is 34.1 Å². The van der Waals surface area contributed by atoms with Gasteiger partial charge in [-0.25, -0.2) is 4.68 Å². The molecule has 2 N–H and O–H groups in total. The fraction of sp³-hybridized carbons (Fsp3) is 0.750. The zero-order chi connectivity index (χ0) is 25.5. The van der Waals surface area contributed by atoms with Gasteiger partial charge >= 0.3 is 0 Å². The van der Waals surface area contributed by atoms with E-state index in [1.165, 1.54) is 0 Å². The Morgan fingerprint density at radius 2 is 1.92 bits per heavy atom. The number of benzene rings is 1. The molecule has 8 atom stereocenters. The van der Waals surface area contributed by atoms with Gasteiger partial charge < -0.3 is 5.73 Å². The number of hydrogen-bond acceptors (Lipinski definition) is 6. The van der Waals surface area contributed by atoms with Crippen LogP contribution in [0.3, 0.4) is 0 Å². The van der Waals surface area contributed by atoms with E-state index in [2.05, 4.69) is 17.2 Å². The minimum absolute atomic E-state index is 0.0374. The second kappa shape index (κ2) is 8.07. The molecule has 0 spiro atoms. The maximum absolute atomic E-state index is 13.7. The van der Waals surface area contributed by atoms with Gasteiger partial charge in [0.1, 0.15) is 12.1 Å². The summed E-state index contributed by atoms with van der Waals surface area (Å²) in [5.74, 6) is 2.09. The number of fused-ring (bicyclic) bond motifs is 6. The van der Waals surface area contributed by atoms with Crippen LogP contribution in [0.5, 0.6) is 0 Å². The van der Waals surface area contributed by atoms with E-state index in [4.69, 9.17) is 5.73 Å². The molecule has 0 radical (unpaired) electrons.